The summed E-state index contributed by atoms with van der Waals surface area (Å²) in [5, 5.41) is 4.17. The van der Waals surface area contributed by atoms with Gasteiger partial charge in [-0.2, -0.15) is 5.10 Å². The van der Waals surface area contributed by atoms with Crippen LogP contribution in [0.15, 0.2) is 24.5 Å². The third-order valence-corrected chi connectivity index (χ3v) is 3.79. The average molecular weight is 245 g/mol. The van der Waals surface area contributed by atoms with E-state index in [9.17, 15) is 0 Å². The van der Waals surface area contributed by atoms with E-state index in [1.165, 1.54) is 6.42 Å². The summed E-state index contributed by atoms with van der Waals surface area (Å²) in [6.07, 6.45) is 6.10. The fourth-order valence-corrected chi connectivity index (χ4v) is 2.74. The van der Waals surface area contributed by atoms with Crippen molar-refractivity contribution in [2.75, 3.05) is 18.0 Å². The van der Waals surface area contributed by atoms with Gasteiger partial charge in [0.15, 0.2) is 5.65 Å². The second-order valence-corrected chi connectivity index (χ2v) is 5.13. The standard InChI is InChI=1S/C13H19N5/c1-10-3-6-17(11(8-10)9-14)12-4-7-18-13(16-12)2-5-15-18/h2,4-5,7,10-11H,3,6,8-9,14H2,1H3. The molecular weight excluding hydrogens is 226 g/mol. The minimum atomic E-state index is 0.409. The molecule has 1 fully saturated rings. The summed E-state index contributed by atoms with van der Waals surface area (Å²) in [6, 6.07) is 4.36. The summed E-state index contributed by atoms with van der Waals surface area (Å²) in [5.74, 6) is 1.78. The monoisotopic (exact) mass is 245 g/mol. The molecule has 96 valence electrons. The van der Waals surface area contributed by atoms with E-state index in [1.54, 1.807) is 10.7 Å². The minimum Gasteiger partial charge on any atom is -0.352 e. The summed E-state index contributed by atoms with van der Waals surface area (Å²) in [5.41, 5.74) is 6.79. The lowest BCUT2D eigenvalue weighted by atomic mass is 9.92. The lowest BCUT2D eigenvalue weighted by Gasteiger charge is -2.38. The Balaban J connectivity index is 1.92. The molecule has 3 rings (SSSR count). The van der Waals surface area contributed by atoms with E-state index in [0.29, 0.717) is 12.6 Å². The van der Waals surface area contributed by atoms with Gasteiger partial charge in [0, 0.05) is 31.4 Å². The van der Waals surface area contributed by atoms with E-state index in [0.717, 1.165) is 30.3 Å². The molecule has 0 aromatic carbocycles. The maximum atomic E-state index is 5.90. The summed E-state index contributed by atoms with van der Waals surface area (Å²) >= 11 is 0. The number of rotatable bonds is 2. The fourth-order valence-electron chi connectivity index (χ4n) is 2.74. The van der Waals surface area contributed by atoms with Crippen LogP contribution < -0.4 is 10.6 Å². The van der Waals surface area contributed by atoms with Gasteiger partial charge in [0.1, 0.15) is 5.82 Å². The molecule has 1 saturated heterocycles. The first-order valence-corrected chi connectivity index (χ1v) is 6.55. The van der Waals surface area contributed by atoms with Gasteiger partial charge in [-0.15, -0.1) is 0 Å². The molecule has 0 saturated carbocycles. The maximum absolute atomic E-state index is 5.90. The molecule has 2 unspecified atom stereocenters. The van der Waals surface area contributed by atoms with Gasteiger partial charge >= 0.3 is 0 Å². The Kier molecular flexibility index (Phi) is 2.91. The SMILES string of the molecule is CC1CCN(c2ccn3nccc3n2)C(CN)C1. The number of nitrogens with two attached hydrogens (primary N) is 1. The van der Waals surface area contributed by atoms with Crippen LogP contribution in [0.4, 0.5) is 5.82 Å². The van der Waals surface area contributed by atoms with Crippen molar-refractivity contribution in [3.05, 3.63) is 24.5 Å². The Morgan fingerprint density at radius 1 is 1.44 bits per heavy atom. The molecule has 0 aliphatic carbocycles. The molecule has 5 nitrogen and oxygen atoms in total. The van der Waals surface area contributed by atoms with Crippen LogP contribution in [0.1, 0.15) is 19.8 Å². The molecule has 0 amide bonds. The Bertz CT molecular complexity index is 535. The van der Waals surface area contributed by atoms with Gasteiger partial charge in [-0.1, -0.05) is 6.92 Å². The first kappa shape index (κ1) is 11.5. The van der Waals surface area contributed by atoms with Crippen LogP contribution in [0.25, 0.3) is 5.65 Å². The first-order chi connectivity index (χ1) is 8.78. The highest BCUT2D eigenvalue weighted by Gasteiger charge is 2.26. The van der Waals surface area contributed by atoms with Crippen molar-refractivity contribution in [1.29, 1.82) is 0 Å². The van der Waals surface area contributed by atoms with Crippen LogP contribution in [0.5, 0.6) is 0 Å². The molecule has 1 aliphatic rings. The summed E-state index contributed by atoms with van der Waals surface area (Å²) in [6.45, 7) is 4.03. The van der Waals surface area contributed by atoms with Gasteiger partial charge in [0.2, 0.25) is 0 Å². The van der Waals surface area contributed by atoms with Gasteiger partial charge in [-0.3, -0.25) is 0 Å². The van der Waals surface area contributed by atoms with E-state index in [-0.39, 0.29) is 0 Å². The maximum Gasteiger partial charge on any atom is 0.157 e. The topological polar surface area (TPSA) is 59.5 Å². The van der Waals surface area contributed by atoms with Crippen molar-refractivity contribution < 1.29 is 0 Å². The van der Waals surface area contributed by atoms with E-state index in [2.05, 4.69) is 21.9 Å². The largest absolute Gasteiger partial charge is 0.352 e. The molecule has 2 aromatic rings. The summed E-state index contributed by atoms with van der Waals surface area (Å²) < 4.78 is 1.79. The van der Waals surface area contributed by atoms with Gasteiger partial charge in [0.05, 0.1) is 6.20 Å². The van der Waals surface area contributed by atoms with Gasteiger partial charge in [-0.25, -0.2) is 9.50 Å². The second kappa shape index (κ2) is 4.57. The lowest BCUT2D eigenvalue weighted by molar-refractivity contribution is 0.365. The van der Waals surface area contributed by atoms with Crippen molar-refractivity contribution in [2.45, 2.75) is 25.8 Å². The van der Waals surface area contributed by atoms with Crippen LogP contribution >= 0.6 is 0 Å². The molecule has 2 N–H and O–H groups in total. The Morgan fingerprint density at radius 3 is 3.17 bits per heavy atom. The predicted molar refractivity (Wildman–Crippen MR) is 71.6 cm³/mol. The molecule has 0 radical (unpaired) electrons. The number of piperidine rings is 1. The highest BCUT2D eigenvalue weighted by atomic mass is 15.3. The average Bonchev–Trinajstić information content (AvgIpc) is 2.85. The number of fused-ring (bicyclic) bond motifs is 1. The highest BCUT2D eigenvalue weighted by Crippen LogP contribution is 2.26. The van der Waals surface area contributed by atoms with Crippen molar-refractivity contribution in [1.82, 2.24) is 14.6 Å². The predicted octanol–water partition coefficient (Wildman–Crippen LogP) is 1.29. The molecule has 18 heavy (non-hydrogen) atoms. The smallest absolute Gasteiger partial charge is 0.157 e. The quantitative estimate of drug-likeness (QED) is 0.866. The molecule has 5 heteroatoms. The third-order valence-electron chi connectivity index (χ3n) is 3.79. The number of aromatic nitrogens is 3. The third kappa shape index (κ3) is 1.95. The number of hydrogen-bond donors (Lipinski definition) is 1. The summed E-state index contributed by atoms with van der Waals surface area (Å²) in [7, 11) is 0. The van der Waals surface area contributed by atoms with Crippen LogP contribution in [-0.2, 0) is 0 Å². The lowest BCUT2D eigenvalue weighted by Crippen LogP contribution is -2.46. The Morgan fingerprint density at radius 2 is 2.33 bits per heavy atom. The Hall–Kier alpha value is -1.62. The van der Waals surface area contributed by atoms with E-state index in [4.69, 9.17) is 5.73 Å². The van der Waals surface area contributed by atoms with Crippen molar-refractivity contribution in [3.8, 4) is 0 Å². The number of hydrogen-bond acceptors (Lipinski definition) is 4. The zero-order chi connectivity index (χ0) is 12.5. The molecule has 1 aliphatic heterocycles. The number of nitrogens with zero attached hydrogens (tertiary/aromatic N) is 4. The van der Waals surface area contributed by atoms with Crippen LogP contribution in [-0.4, -0.2) is 33.7 Å². The van der Waals surface area contributed by atoms with Gasteiger partial charge < -0.3 is 10.6 Å². The second-order valence-electron chi connectivity index (χ2n) is 5.13. The molecule has 0 bridgehead atoms. The molecule has 3 heterocycles. The van der Waals surface area contributed by atoms with Crippen LogP contribution in [0.3, 0.4) is 0 Å². The highest BCUT2D eigenvalue weighted by molar-refractivity contribution is 5.48. The molecular formula is C13H19N5. The summed E-state index contributed by atoms with van der Waals surface area (Å²) in [4.78, 5) is 6.99. The van der Waals surface area contributed by atoms with Crippen LogP contribution in [0, 0.1) is 5.92 Å². The van der Waals surface area contributed by atoms with Crippen molar-refractivity contribution in [3.63, 3.8) is 0 Å². The first-order valence-electron chi connectivity index (χ1n) is 6.55. The van der Waals surface area contributed by atoms with E-state index >= 15 is 0 Å². The fraction of sp³-hybridized carbons (Fsp3) is 0.538. The molecule has 0 spiro atoms. The van der Waals surface area contributed by atoms with Crippen LogP contribution in [0.2, 0.25) is 0 Å². The zero-order valence-corrected chi connectivity index (χ0v) is 10.7. The van der Waals surface area contributed by atoms with E-state index < -0.39 is 0 Å². The number of anilines is 1. The van der Waals surface area contributed by atoms with Crippen molar-refractivity contribution >= 4 is 11.5 Å². The van der Waals surface area contributed by atoms with Gasteiger partial charge in [-0.05, 0) is 24.8 Å². The normalized spacial score (nSPS) is 24.7. The Labute approximate surface area is 107 Å². The zero-order valence-electron chi connectivity index (χ0n) is 10.7. The molecule has 2 aromatic heterocycles. The van der Waals surface area contributed by atoms with E-state index in [1.807, 2.05) is 18.3 Å². The van der Waals surface area contributed by atoms with Gasteiger partial charge in [0.25, 0.3) is 0 Å². The minimum absolute atomic E-state index is 0.409. The molecule has 2 atom stereocenters. The van der Waals surface area contributed by atoms with Crippen molar-refractivity contribution in [2.24, 2.45) is 11.7 Å².